The molecule has 4 rings (SSSR count). The molecular formula is C18H23N7O. The first-order valence-electron chi connectivity index (χ1n) is 8.91. The third kappa shape index (κ3) is 2.96. The molecule has 1 N–H and O–H groups in total. The van der Waals surface area contributed by atoms with Crippen molar-refractivity contribution < 1.29 is 4.79 Å². The van der Waals surface area contributed by atoms with E-state index in [1.807, 2.05) is 54.0 Å². The van der Waals surface area contributed by atoms with E-state index in [9.17, 15) is 4.79 Å². The average molecular weight is 353 g/mol. The van der Waals surface area contributed by atoms with E-state index in [0.29, 0.717) is 6.54 Å². The van der Waals surface area contributed by atoms with Crippen LogP contribution in [0.5, 0.6) is 0 Å². The van der Waals surface area contributed by atoms with Gasteiger partial charge >= 0.3 is 0 Å². The highest BCUT2D eigenvalue weighted by atomic mass is 16.2. The Kier molecular flexibility index (Phi) is 4.42. The molecule has 3 aromatic heterocycles. The van der Waals surface area contributed by atoms with Gasteiger partial charge in [0.1, 0.15) is 11.9 Å². The van der Waals surface area contributed by atoms with E-state index in [1.165, 1.54) is 0 Å². The Morgan fingerprint density at radius 1 is 1.35 bits per heavy atom. The van der Waals surface area contributed by atoms with Crippen LogP contribution in [-0.2, 0) is 11.8 Å². The Labute approximate surface area is 151 Å². The molecule has 0 spiro atoms. The van der Waals surface area contributed by atoms with Crippen molar-refractivity contribution in [1.82, 2.24) is 34.6 Å². The molecule has 1 amide bonds. The molecule has 3 aromatic rings. The van der Waals surface area contributed by atoms with Crippen LogP contribution in [0.15, 0.2) is 36.8 Å². The number of aryl methyl sites for hydroxylation is 1. The fourth-order valence-corrected chi connectivity index (χ4v) is 3.73. The number of hydrogen-bond acceptors (Lipinski definition) is 5. The first-order chi connectivity index (χ1) is 12.7. The van der Waals surface area contributed by atoms with E-state index in [1.54, 1.807) is 10.9 Å². The molecule has 2 atom stereocenters. The summed E-state index contributed by atoms with van der Waals surface area (Å²) in [6, 6.07) is 5.50. The van der Waals surface area contributed by atoms with E-state index in [2.05, 4.69) is 20.6 Å². The maximum Gasteiger partial charge on any atom is 0.244 e. The van der Waals surface area contributed by atoms with Crippen LogP contribution in [0, 0.1) is 0 Å². The molecule has 0 aliphatic carbocycles. The molecule has 1 aliphatic rings. The predicted molar refractivity (Wildman–Crippen MR) is 96.6 cm³/mol. The predicted octanol–water partition coefficient (Wildman–Crippen LogP) is 1.13. The Morgan fingerprint density at radius 2 is 2.23 bits per heavy atom. The highest BCUT2D eigenvalue weighted by Gasteiger charge is 2.32. The SMILES string of the molecule is CNC(C(=O)N1CCCC(c2nnc3ccccn23)C1)c1cnn(C)c1. The number of nitrogens with one attached hydrogen (secondary N) is 1. The zero-order valence-corrected chi connectivity index (χ0v) is 15.0. The van der Waals surface area contributed by atoms with Gasteiger partial charge in [-0.2, -0.15) is 5.10 Å². The van der Waals surface area contributed by atoms with Gasteiger partial charge in [0.25, 0.3) is 0 Å². The van der Waals surface area contributed by atoms with Gasteiger partial charge in [0.05, 0.1) is 6.20 Å². The first kappa shape index (κ1) is 16.7. The van der Waals surface area contributed by atoms with Crippen LogP contribution in [0.1, 0.15) is 36.2 Å². The summed E-state index contributed by atoms with van der Waals surface area (Å²) in [5, 5.41) is 16.0. The van der Waals surface area contributed by atoms with Crippen molar-refractivity contribution >= 4 is 11.6 Å². The molecule has 8 nitrogen and oxygen atoms in total. The Balaban J connectivity index is 1.55. The summed E-state index contributed by atoms with van der Waals surface area (Å²) in [6.07, 6.45) is 7.58. The third-order valence-electron chi connectivity index (χ3n) is 5.03. The fourth-order valence-electron chi connectivity index (χ4n) is 3.73. The van der Waals surface area contributed by atoms with Crippen molar-refractivity contribution in [2.24, 2.45) is 7.05 Å². The molecule has 0 bridgehead atoms. The number of carbonyl (C=O) groups is 1. The van der Waals surface area contributed by atoms with E-state index < -0.39 is 0 Å². The van der Waals surface area contributed by atoms with Gasteiger partial charge in [0.15, 0.2) is 5.65 Å². The number of hydrogen-bond donors (Lipinski definition) is 1. The van der Waals surface area contributed by atoms with E-state index in [0.717, 1.165) is 36.4 Å². The topological polar surface area (TPSA) is 80.3 Å². The lowest BCUT2D eigenvalue weighted by Crippen LogP contribution is -2.44. The number of fused-ring (bicyclic) bond motifs is 1. The van der Waals surface area contributed by atoms with Gasteiger partial charge in [-0.15, -0.1) is 10.2 Å². The average Bonchev–Trinajstić information content (AvgIpc) is 3.29. The quantitative estimate of drug-likeness (QED) is 0.760. The van der Waals surface area contributed by atoms with Crippen LogP contribution in [0.4, 0.5) is 0 Å². The number of carbonyl (C=O) groups excluding carboxylic acids is 1. The second kappa shape index (κ2) is 6.87. The first-order valence-corrected chi connectivity index (χ1v) is 8.91. The second-order valence-corrected chi connectivity index (χ2v) is 6.78. The van der Waals surface area contributed by atoms with Crippen molar-refractivity contribution in [2.45, 2.75) is 24.8 Å². The number of nitrogens with zero attached hydrogens (tertiary/aromatic N) is 6. The van der Waals surface area contributed by atoms with Crippen molar-refractivity contribution in [1.29, 1.82) is 0 Å². The highest BCUT2D eigenvalue weighted by molar-refractivity contribution is 5.83. The minimum atomic E-state index is -0.377. The van der Waals surface area contributed by atoms with Crippen LogP contribution >= 0.6 is 0 Å². The molecule has 0 radical (unpaired) electrons. The van der Waals surface area contributed by atoms with E-state index >= 15 is 0 Å². The van der Waals surface area contributed by atoms with Gasteiger partial charge in [-0.3, -0.25) is 13.9 Å². The van der Waals surface area contributed by atoms with Crippen LogP contribution in [0.2, 0.25) is 0 Å². The van der Waals surface area contributed by atoms with Crippen LogP contribution in [-0.4, -0.2) is 55.3 Å². The van der Waals surface area contributed by atoms with E-state index in [-0.39, 0.29) is 17.9 Å². The zero-order valence-electron chi connectivity index (χ0n) is 15.0. The van der Waals surface area contributed by atoms with Crippen molar-refractivity contribution in [3.05, 3.63) is 48.2 Å². The summed E-state index contributed by atoms with van der Waals surface area (Å²) in [5.74, 6) is 1.20. The Bertz CT molecular complexity index is 915. The van der Waals surface area contributed by atoms with Crippen LogP contribution in [0.3, 0.4) is 0 Å². The molecule has 2 unspecified atom stereocenters. The minimum absolute atomic E-state index is 0.0824. The lowest BCUT2D eigenvalue weighted by Gasteiger charge is -2.34. The van der Waals surface area contributed by atoms with Gasteiger partial charge in [-0.05, 0) is 32.0 Å². The van der Waals surface area contributed by atoms with Gasteiger partial charge < -0.3 is 10.2 Å². The number of likely N-dealkylation sites (N-methyl/N-ethyl adjacent to an activating group) is 1. The second-order valence-electron chi connectivity index (χ2n) is 6.78. The maximum absolute atomic E-state index is 13.1. The number of amides is 1. The van der Waals surface area contributed by atoms with Gasteiger partial charge in [-0.25, -0.2) is 0 Å². The van der Waals surface area contributed by atoms with Crippen molar-refractivity contribution in [3.8, 4) is 0 Å². The molecular weight excluding hydrogens is 330 g/mol. The van der Waals surface area contributed by atoms with Gasteiger partial charge in [-0.1, -0.05) is 6.07 Å². The molecule has 8 heteroatoms. The summed E-state index contributed by atoms with van der Waals surface area (Å²) in [4.78, 5) is 15.0. The molecule has 1 saturated heterocycles. The number of pyridine rings is 1. The standard InChI is InChI=1S/C18H23N7O/c1-19-16(14-10-20-23(2)11-14)18(26)24-8-5-6-13(12-24)17-22-21-15-7-3-4-9-25(15)17/h3-4,7,9-11,13,16,19H,5-6,8,12H2,1-2H3. The summed E-state index contributed by atoms with van der Waals surface area (Å²) < 4.78 is 3.74. The number of rotatable bonds is 4. The Hall–Kier alpha value is -2.74. The van der Waals surface area contributed by atoms with E-state index in [4.69, 9.17) is 0 Å². The molecule has 4 heterocycles. The lowest BCUT2D eigenvalue weighted by atomic mass is 9.96. The Morgan fingerprint density at radius 3 is 3.00 bits per heavy atom. The zero-order chi connectivity index (χ0) is 18.1. The molecule has 0 aromatic carbocycles. The van der Waals surface area contributed by atoms with Crippen LogP contribution < -0.4 is 5.32 Å². The monoisotopic (exact) mass is 353 g/mol. The summed E-state index contributed by atoms with van der Waals surface area (Å²) >= 11 is 0. The maximum atomic E-state index is 13.1. The summed E-state index contributed by atoms with van der Waals surface area (Å²) in [6.45, 7) is 1.43. The molecule has 136 valence electrons. The largest absolute Gasteiger partial charge is 0.340 e. The lowest BCUT2D eigenvalue weighted by molar-refractivity contribution is -0.134. The minimum Gasteiger partial charge on any atom is -0.340 e. The third-order valence-corrected chi connectivity index (χ3v) is 5.03. The van der Waals surface area contributed by atoms with Crippen molar-refractivity contribution in [2.75, 3.05) is 20.1 Å². The fraction of sp³-hybridized carbons (Fsp3) is 0.444. The molecule has 1 aliphatic heterocycles. The van der Waals surface area contributed by atoms with Crippen LogP contribution in [0.25, 0.3) is 5.65 Å². The molecule has 1 fully saturated rings. The van der Waals surface area contributed by atoms with Gasteiger partial charge in [0, 0.05) is 44.0 Å². The highest BCUT2D eigenvalue weighted by Crippen LogP contribution is 2.28. The molecule has 0 saturated carbocycles. The van der Waals surface area contributed by atoms with Crippen molar-refractivity contribution in [3.63, 3.8) is 0 Å². The number of piperidine rings is 1. The molecule has 26 heavy (non-hydrogen) atoms. The number of aromatic nitrogens is 5. The summed E-state index contributed by atoms with van der Waals surface area (Å²) in [7, 11) is 3.66. The number of likely N-dealkylation sites (tertiary alicyclic amines) is 1. The summed E-state index contributed by atoms with van der Waals surface area (Å²) in [5.41, 5.74) is 1.73. The van der Waals surface area contributed by atoms with Gasteiger partial charge in [0.2, 0.25) is 5.91 Å². The normalized spacial score (nSPS) is 19.0. The smallest absolute Gasteiger partial charge is 0.244 e.